The summed E-state index contributed by atoms with van der Waals surface area (Å²) >= 11 is 1.52. The number of nitrogens with zero attached hydrogens (tertiary/aromatic N) is 1. The summed E-state index contributed by atoms with van der Waals surface area (Å²) in [6, 6.07) is 8.27. The van der Waals surface area contributed by atoms with Crippen molar-refractivity contribution in [1.29, 1.82) is 0 Å². The molecule has 0 aliphatic heterocycles. The molecule has 0 fully saturated rings. The second-order valence-electron chi connectivity index (χ2n) is 4.01. The lowest BCUT2D eigenvalue weighted by Crippen LogP contribution is -2.01. The Kier molecular flexibility index (Phi) is 3.36. The minimum atomic E-state index is -0.435. The van der Waals surface area contributed by atoms with Gasteiger partial charge in [-0.2, -0.15) is 0 Å². The van der Waals surface area contributed by atoms with Gasteiger partial charge in [0.25, 0.3) is 0 Å². The van der Waals surface area contributed by atoms with Crippen LogP contribution in [0.5, 0.6) is 0 Å². The number of aliphatic hydroxyl groups excluding tert-OH is 1. The predicted molar refractivity (Wildman–Crippen MR) is 66.7 cm³/mol. The van der Waals surface area contributed by atoms with Gasteiger partial charge >= 0.3 is 0 Å². The Morgan fingerprint density at radius 2 is 1.94 bits per heavy atom. The van der Waals surface area contributed by atoms with E-state index in [2.05, 4.69) is 36.2 Å². The smallest absolute Gasteiger partial charge is 0.0940 e. The summed E-state index contributed by atoms with van der Waals surface area (Å²) in [7, 11) is 0. The van der Waals surface area contributed by atoms with Crippen LogP contribution in [0.3, 0.4) is 0 Å². The van der Waals surface area contributed by atoms with Gasteiger partial charge in [0.2, 0.25) is 0 Å². The first kappa shape index (κ1) is 11.3. The highest BCUT2D eigenvalue weighted by atomic mass is 32.1. The maximum absolute atomic E-state index is 10.1. The minimum Gasteiger partial charge on any atom is -0.387 e. The SMILES string of the molecule is Cc1ccc(CC(O)c2scnc2C)cc1. The van der Waals surface area contributed by atoms with E-state index in [0.717, 1.165) is 16.1 Å². The molecule has 84 valence electrons. The van der Waals surface area contributed by atoms with Crippen molar-refractivity contribution in [2.45, 2.75) is 26.4 Å². The van der Waals surface area contributed by atoms with Crippen LogP contribution in [0.25, 0.3) is 0 Å². The van der Waals surface area contributed by atoms with Crippen LogP contribution in [0.2, 0.25) is 0 Å². The van der Waals surface area contributed by atoms with E-state index in [1.54, 1.807) is 5.51 Å². The number of hydrogen-bond donors (Lipinski definition) is 1. The second kappa shape index (κ2) is 4.76. The Morgan fingerprint density at radius 3 is 2.50 bits per heavy atom. The monoisotopic (exact) mass is 233 g/mol. The number of benzene rings is 1. The molecule has 0 saturated heterocycles. The van der Waals surface area contributed by atoms with Gasteiger partial charge < -0.3 is 5.11 Å². The third-order valence-corrected chi connectivity index (χ3v) is 3.67. The normalized spacial score (nSPS) is 12.7. The van der Waals surface area contributed by atoms with E-state index in [1.165, 1.54) is 16.9 Å². The molecule has 1 unspecified atom stereocenters. The predicted octanol–water partition coefficient (Wildman–Crippen LogP) is 3.04. The Bertz CT molecular complexity index is 461. The molecule has 0 saturated carbocycles. The summed E-state index contributed by atoms with van der Waals surface area (Å²) in [6.07, 6.45) is 0.221. The van der Waals surface area contributed by atoms with Gasteiger partial charge in [0.1, 0.15) is 0 Å². The third kappa shape index (κ3) is 2.49. The number of rotatable bonds is 3. The van der Waals surface area contributed by atoms with E-state index in [9.17, 15) is 5.11 Å². The molecule has 16 heavy (non-hydrogen) atoms. The van der Waals surface area contributed by atoms with E-state index in [0.29, 0.717) is 6.42 Å². The number of aromatic nitrogens is 1. The molecular weight excluding hydrogens is 218 g/mol. The van der Waals surface area contributed by atoms with Crippen LogP contribution < -0.4 is 0 Å². The van der Waals surface area contributed by atoms with Crippen molar-refractivity contribution in [3.63, 3.8) is 0 Å². The van der Waals surface area contributed by atoms with Gasteiger partial charge in [-0.3, -0.25) is 0 Å². The van der Waals surface area contributed by atoms with Gasteiger partial charge in [-0.25, -0.2) is 4.98 Å². The molecule has 2 aromatic rings. The first-order chi connectivity index (χ1) is 7.66. The van der Waals surface area contributed by atoms with Crippen molar-refractivity contribution < 1.29 is 5.11 Å². The molecule has 1 N–H and O–H groups in total. The van der Waals surface area contributed by atoms with Crippen LogP contribution in [0.1, 0.15) is 27.8 Å². The van der Waals surface area contributed by atoms with E-state index in [1.807, 2.05) is 6.92 Å². The molecule has 0 aliphatic carbocycles. The summed E-state index contributed by atoms with van der Waals surface area (Å²) in [5.74, 6) is 0. The topological polar surface area (TPSA) is 33.1 Å². The van der Waals surface area contributed by atoms with E-state index >= 15 is 0 Å². The first-order valence-electron chi connectivity index (χ1n) is 5.30. The molecule has 2 rings (SSSR count). The van der Waals surface area contributed by atoms with Crippen LogP contribution in [0.15, 0.2) is 29.8 Å². The highest BCUT2D eigenvalue weighted by Gasteiger charge is 2.13. The van der Waals surface area contributed by atoms with Gasteiger partial charge in [0.05, 0.1) is 22.2 Å². The van der Waals surface area contributed by atoms with Crippen LogP contribution in [-0.4, -0.2) is 10.1 Å². The molecule has 0 amide bonds. The van der Waals surface area contributed by atoms with Crippen molar-refractivity contribution in [1.82, 2.24) is 4.98 Å². The average Bonchev–Trinajstić information content (AvgIpc) is 2.68. The largest absolute Gasteiger partial charge is 0.387 e. The molecule has 0 spiro atoms. The van der Waals surface area contributed by atoms with Crippen molar-refractivity contribution in [3.8, 4) is 0 Å². The van der Waals surface area contributed by atoms with Gasteiger partial charge in [-0.05, 0) is 19.4 Å². The molecule has 0 aliphatic rings. The molecule has 3 heteroatoms. The highest BCUT2D eigenvalue weighted by Crippen LogP contribution is 2.24. The van der Waals surface area contributed by atoms with E-state index in [-0.39, 0.29) is 0 Å². The first-order valence-corrected chi connectivity index (χ1v) is 6.18. The zero-order valence-corrected chi connectivity index (χ0v) is 10.3. The van der Waals surface area contributed by atoms with E-state index in [4.69, 9.17) is 0 Å². The van der Waals surface area contributed by atoms with Gasteiger partial charge in [-0.15, -0.1) is 11.3 Å². The number of aryl methyl sites for hydroxylation is 2. The van der Waals surface area contributed by atoms with Crippen molar-refractivity contribution in [2.75, 3.05) is 0 Å². The molecule has 2 nitrogen and oxygen atoms in total. The summed E-state index contributed by atoms with van der Waals surface area (Å²) in [4.78, 5) is 5.12. The maximum atomic E-state index is 10.1. The molecule has 0 bridgehead atoms. The van der Waals surface area contributed by atoms with Crippen molar-refractivity contribution >= 4 is 11.3 Å². The molecule has 1 aromatic heterocycles. The number of aliphatic hydroxyl groups is 1. The fourth-order valence-electron chi connectivity index (χ4n) is 1.67. The lowest BCUT2D eigenvalue weighted by atomic mass is 10.0. The summed E-state index contributed by atoms with van der Waals surface area (Å²) in [5, 5.41) is 10.1. The van der Waals surface area contributed by atoms with E-state index < -0.39 is 6.10 Å². The van der Waals surface area contributed by atoms with Gasteiger partial charge in [0.15, 0.2) is 0 Å². The zero-order valence-electron chi connectivity index (χ0n) is 9.47. The Labute approximate surface area is 99.6 Å². The van der Waals surface area contributed by atoms with Crippen molar-refractivity contribution in [3.05, 3.63) is 51.5 Å². The van der Waals surface area contributed by atoms with Crippen LogP contribution in [0.4, 0.5) is 0 Å². The molecule has 1 atom stereocenters. The fourth-order valence-corrected chi connectivity index (χ4v) is 2.46. The van der Waals surface area contributed by atoms with Gasteiger partial charge in [-0.1, -0.05) is 29.8 Å². The Morgan fingerprint density at radius 1 is 1.25 bits per heavy atom. The zero-order chi connectivity index (χ0) is 11.5. The average molecular weight is 233 g/mol. The lowest BCUT2D eigenvalue weighted by Gasteiger charge is -2.09. The van der Waals surface area contributed by atoms with Crippen LogP contribution in [-0.2, 0) is 6.42 Å². The second-order valence-corrected chi connectivity index (χ2v) is 4.89. The Balaban J connectivity index is 2.10. The lowest BCUT2D eigenvalue weighted by molar-refractivity contribution is 0.181. The van der Waals surface area contributed by atoms with Gasteiger partial charge in [0, 0.05) is 6.42 Å². The molecule has 1 aromatic carbocycles. The minimum absolute atomic E-state index is 0.435. The molecule has 1 heterocycles. The number of hydrogen-bond acceptors (Lipinski definition) is 3. The fraction of sp³-hybridized carbons (Fsp3) is 0.308. The Hall–Kier alpha value is -1.19. The molecular formula is C13H15NOS. The quantitative estimate of drug-likeness (QED) is 0.884. The third-order valence-electron chi connectivity index (χ3n) is 2.63. The number of thiazole rings is 1. The summed E-state index contributed by atoms with van der Waals surface area (Å²) < 4.78 is 0. The van der Waals surface area contributed by atoms with Crippen LogP contribution in [0, 0.1) is 13.8 Å². The molecule has 0 radical (unpaired) electrons. The van der Waals surface area contributed by atoms with Crippen LogP contribution >= 0.6 is 11.3 Å². The summed E-state index contributed by atoms with van der Waals surface area (Å²) in [5.41, 5.74) is 5.12. The van der Waals surface area contributed by atoms with Crippen molar-refractivity contribution in [2.24, 2.45) is 0 Å². The maximum Gasteiger partial charge on any atom is 0.0940 e. The highest BCUT2D eigenvalue weighted by molar-refractivity contribution is 7.09. The standard InChI is InChI=1S/C13H15NOS/c1-9-3-5-11(6-4-9)7-12(15)13-10(2)14-8-16-13/h3-6,8,12,15H,7H2,1-2H3. The summed E-state index contributed by atoms with van der Waals surface area (Å²) in [6.45, 7) is 4.00.